The van der Waals surface area contributed by atoms with Gasteiger partial charge in [-0.2, -0.15) is 0 Å². The fourth-order valence-corrected chi connectivity index (χ4v) is 8.21. The Balaban J connectivity index is 3.38. The fraction of sp³-hybridized carbons (Fsp3) is 0.962. The Hall–Kier alpha value is -1.10. The lowest BCUT2D eigenvalue weighted by molar-refractivity contribution is -0.161. The van der Waals surface area contributed by atoms with E-state index < -0.39 is 6.10 Å². The van der Waals surface area contributed by atoms with E-state index in [0.29, 0.717) is 12.8 Å². The van der Waals surface area contributed by atoms with Crippen LogP contribution >= 0.6 is 0 Å². The van der Waals surface area contributed by atoms with E-state index in [1.165, 1.54) is 244 Å². The number of esters is 2. The zero-order chi connectivity index (χ0) is 41.4. The van der Waals surface area contributed by atoms with E-state index in [1.54, 1.807) is 0 Å². The molecule has 0 aromatic carbocycles. The fourth-order valence-electron chi connectivity index (χ4n) is 8.21. The number of aliphatic hydroxyl groups excluding tert-OH is 1. The Labute approximate surface area is 357 Å². The van der Waals surface area contributed by atoms with Gasteiger partial charge in [-0.3, -0.25) is 9.59 Å². The van der Waals surface area contributed by atoms with Gasteiger partial charge in [-0.05, 0) is 12.8 Å². The van der Waals surface area contributed by atoms with E-state index >= 15 is 0 Å². The van der Waals surface area contributed by atoms with Gasteiger partial charge in [0.1, 0.15) is 6.61 Å². The van der Waals surface area contributed by atoms with Crippen LogP contribution in [0.15, 0.2) is 0 Å². The molecule has 0 amide bonds. The van der Waals surface area contributed by atoms with E-state index in [2.05, 4.69) is 13.8 Å². The van der Waals surface area contributed by atoms with Crippen molar-refractivity contribution >= 4 is 11.9 Å². The minimum absolute atomic E-state index is 0.0563. The summed E-state index contributed by atoms with van der Waals surface area (Å²) in [4.78, 5) is 24.4. The topological polar surface area (TPSA) is 72.8 Å². The van der Waals surface area contributed by atoms with Crippen LogP contribution in [0.3, 0.4) is 0 Å². The lowest BCUT2D eigenvalue weighted by Gasteiger charge is -2.15. The van der Waals surface area contributed by atoms with Crippen molar-refractivity contribution < 1.29 is 24.2 Å². The number of hydrogen-bond donors (Lipinski definition) is 1. The molecule has 0 spiro atoms. The van der Waals surface area contributed by atoms with Crippen LogP contribution in [0.25, 0.3) is 0 Å². The van der Waals surface area contributed by atoms with Crippen LogP contribution in [0.2, 0.25) is 0 Å². The maximum atomic E-state index is 12.3. The van der Waals surface area contributed by atoms with Crippen molar-refractivity contribution in [3.05, 3.63) is 0 Å². The van der Waals surface area contributed by atoms with E-state index in [0.717, 1.165) is 32.1 Å². The number of rotatable bonds is 49. The maximum absolute atomic E-state index is 12.3. The Morgan fingerprint density at radius 2 is 0.544 bits per heavy atom. The third-order valence-corrected chi connectivity index (χ3v) is 12.2. The molecule has 0 aromatic rings. The van der Waals surface area contributed by atoms with Gasteiger partial charge in [0.2, 0.25) is 0 Å². The molecule has 0 aliphatic rings. The summed E-state index contributed by atoms with van der Waals surface area (Å²) in [6.45, 7) is 4.19. The first-order valence-electron chi connectivity index (χ1n) is 26.1. The standard InChI is InChI=1S/C52H102O5/c1-3-5-7-9-11-13-15-17-19-20-21-22-23-24-25-26-27-28-29-30-31-32-33-35-37-39-41-43-45-47-52(55)57-50(48-53)49-56-51(54)46-44-42-40-38-36-34-18-16-14-12-10-8-6-4-2/h50,53H,3-49H2,1-2H3. The molecule has 0 fully saturated rings. The summed E-state index contributed by atoms with van der Waals surface area (Å²) in [7, 11) is 0. The second-order valence-corrected chi connectivity index (χ2v) is 18.0. The van der Waals surface area contributed by atoms with Crippen molar-refractivity contribution in [2.45, 2.75) is 309 Å². The van der Waals surface area contributed by atoms with Crippen LogP contribution in [0.4, 0.5) is 0 Å². The molecule has 0 radical (unpaired) electrons. The SMILES string of the molecule is CCCCCCCCCCCCCCCCCCCCCCCCCCCCCCCC(=O)OC(CO)COC(=O)CCCCCCCCCCCCCCCC. The largest absolute Gasteiger partial charge is 0.462 e. The first kappa shape index (κ1) is 55.9. The molecule has 5 nitrogen and oxygen atoms in total. The van der Waals surface area contributed by atoms with Gasteiger partial charge >= 0.3 is 11.9 Å². The van der Waals surface area contributed by atoms with E-state index in [1.807, 2.05) is 0 Å². The Morgan fingerprint density at radius 1 is 0.333 bits per heavy atom. The third-order valence-electron chi connectivity index (χ3n) is 12.2. The molecule has 5 heteroatoms. The summed E-state index contributed by atoms with van der Waals surface area (Å²) in [5, 5.41) is 9.61. The van der Waals surface area contributed by atoms with Crippen LogP contribution in [0.5, 0.6) is 0 Å². The quantitative estimate of drug-likeness (QED) is 0.0490. The molecular formula is C52H102O5. The highest BCUT2D eigenvalue weighted by molar-refractivity contribution is 5.70. The van der Waals surface area contributed by atoms with Gasteiger partial charge in [-0.1, -0.05) is 277 Å². The summed E-state index contributed by atoms with van der Waals surface area (Å²) in [5.74, 6) is -0.568. The van der Waals surface area contributed by atoms with Crippen LogP contribution in [-0.4, -0.2) is 36.4 Å². The molecular weight excluding hydrogens is 705 g/mol. The minimum atomic E-state index is -0.763. The lowest BCUT2D eigenvalue weighted by atomic mass is 10.0. The van der Waals surface area contributed by atoms with Crippen molar-refractivity contribution in [3.63, 3.8) is 0 Å². The van der Waals surface area contributed by atoms with Gasteiger partial charge in [0.15, 0.2) is 6.10 Å². The lowest BCUT2D eigenvalue weighted by Crippen LogP contribution is -2.28. The normalized spacial score (nSPS) is 12.0. The summed E-state index contributed by atoms with van der Waals surface area (Å²) in [5.41, 5.74) is 0. The molecule has 0 heterocycles. The zero-order valence-corrected chi connectivity index (χ0v) is 38.9. The number of aliphatic hydroxyl groups is 1. The molecule has 0 saturated carbocycles. The zero-order valence-electron chi connectivity index (χ0n) is 38.9. The van der Waals surface area contributed by atoms with Crippen LogP contribution in [0, 0.1) is 0 Å². The highest BCUT2D eigenvalue weighted by atomic mass is 16.6. The first-order chi connectivity index (χ1) is 28.1. The van der Waals surface area contributed by atoms with Gasteiger partial charge in [-0.25, -0.2) is 0 Å². The molecule has 1 unspecified atom stereocenters. The Morgan fingerprint density at radius 3 is 0.772 bits per heavy atom. The molecule has 0 aliphatic carbocycles. The predicted molar refractivity (Wildman–Crippen MR) is 247 cm³/mol. The molecule has 1 atom stereocenters. The van der Waals surface area contributed by atoms with Crippen molar-refractivity contribution in [2.24, 2.45) is 0 Å². The molecule has 0 saturated heterocycles. The molecule has 57 heavy (non-hydrogen) atoms. The van der Waals surface area contributed by atoms with Crippen LogP contribution < -0.4 is 0 Å². The molecule has 340 valence electrons. The first-order valence-corrected chi connectivity index (χ1v) is 26.1. The Bertz CT molecular complexity index is 784. The number of carbonyl (C=O) groups excluding carboxylic acids is 2. The van der Waals surface area contributed by atoms with Gasteiger partial charge < -0.3 is 14.6 Å². The summed E-state index contributed by atoms with van der Waals surface area (Å²) in [6.07, 6.45) is 57.9. The maximum Gasteiger partial charge on any atom is 0.306 e. The number of unbranched alkanes of at least 4 members (excludes halogenated alkanes) is 41. The number of hydrogen-bond acceptors (Lipinski definition) is 5. The van der Waals surface area contributed by atoms with Crippen molar-refractivity contribution in [3.8, 4) is 0 Å². The number of carbonyl (C=O) groups is 2. The van der Waals surface area contributed by atoms with Gasteiger partial charge in [0.05, 0.1) is 6.61 Å². The molecule has 0 aromatic heterocycles. The van der Waals surface area contributed by atoms with Crippen LogP contribution in [0.1, 0.15) is 303 Å². The molecule has 0 bridgehead atoms. The average molecular weight is 807 g/mol. The summed E-state index contributed by atoms with van der Waals surface area (Å²) in [6, 6.07) is 0. The smallest absolute Gasteiger partial charge is 0.306 e. The Kier molecular flexibility index (Phi) is 48.3. The summed E-state index contributed by atoms with van der Waals surface area (Å²) >= 11 is 0. The van der Waals surface area contributed by atoms with Crippen molar-refractivity contribution in [1.29, 1.82) is 0 Å². The van der Waals surface area contributed by atoms with Gasteiger partial charge in [-0.15, -0.1) is 0 Å². The minimum Gasteiger partial charge on any atom is -0.462 e. The molecule has 0 aliphatic heterocycles. The monoisotopic (exact) mass is 807 g/mol. The third kappa shape index (κ3) is 47.5. The van der Waals surface area contributed by atoms with Crippen molar-refractivity contribution in [2.75, 3.05) is 13.2 Å². The highest BCUT2D eigenvalue weighted by Gasteiger charge is 2.16. The predicted octanol–water partition coefficient (Wildman–Crippen LogP) is 17.0. The van der Waals surface area contributed by atoms with E-state index in [-0.39, 0.29) is 25.2 Å². The second kappa shape index (κ2) is 49.3. The van der Waals surface area contributed by atoms with Crippen LogP contribution in [-0.2, 0) is 19.1 Å². The molecule has 1 N–H and O–H groups in total. The van der Waals surface area contributed by atoms with Gasteiger partial charge in [0.25, 0.3) is 0 Å². The summed E-state index contributed by atoms with van der Waals surface area (Å²) < 4.78 is 10.7. The van der Waals surface area contributed by atoms with E-state index in [4.69, 9.17) is 9.47 Å². The highest BCUT2D eigenvalue weighted by Crippen LogP contribution is 2.18. The second-order valence-electron chi connectivity index (χ2n) is 18.0. The number of ether oxygens (including phenoxy) is 2. The van der Waals surface area contributed by atoms with E-state index in [9.17, 15) is 14.7 Å². The van der Waals surface area contributed by atoms with Gasteiger partial charge in [0, 0.05) is 12.8 Å². The molecule has 0 rings (SSSR count). The average Bonchev–Trinajstić information content (AvgIpc) is 3.21. The van der Waals surface area contributed by atoms with Crippen molar-refractivity contribution in [1.82, 2.24) is 0 Å².